The van der Waals surface area contributed by atoms with Gasteiger partial charge in [-0.05, 0) is 75.1 Å². The zero-order chi connectivity index (χ0) is 25.3. The third kappa shape index (κ3) is 7.24. The minimum absolute atomic E-state index is 0.0270. The van der Waals surface area contributed by atoms with Crippen LogP contribution in [0.1, 0.15) is 75.0 Å². The Labute approximate surface area is 206 Å². The van der Waals surface area contributed by atoms with Crippen LogP contribution in [-0.2, 0) is 0 Å². The van der Waals surface area contributed by atoms with Gasteiger partial charge in [0, 0.05) is 29.1 Å². The average molecular weight is 490 g/mol. The van der Waals surface area contributed by atoms with Crippen LogP contribution in [0.2, 0.25) is 0 Å². The number of alkyl halides is 3. The molecule has 1 aromatic heterocycles. The fourth-order valence-electron chi connectivity index (χ4n) is 5.15. The molecule has 0 bridgehead atoms. The summed E-state index contributed by atoms with van der Waals surface area (Å²) in [6.07, 6.45) is 5.54. The predicted molar refractivity (Wildman–Crippen MR) is 137 cm³/mol. The molecule has 192 valence electrons. The fraction of sp³-hybridized carbons (Fsp3) is 0.500. The van der Waals surface area contributed by atoms with Crippen LogP contribution in [-0.4, -0.2) is 31.1 Å². The summed E-state index contributed by atoms with van der Waals surface area (Å²) in [6.45, 7) is 3.85. The second kappa shape index (κ2) is 13.0. The standard InChI is InChI=1S/C27H33F3N2O.CH5N/c1-2-16-31-17-15-23(20-9-8-12-22(18-20)33-27(28,29)30)25-19-32(21-10-4-3-5-11-21)26-14-7-6-13-24(25)26;1-2/h6-9,12-14,18-19,21,23,31H,2-5,10-11,15-17H2,1H3;2H2,1H3. The molecule has 4 nitrogen and oxygen atoms in total. The third-order valence-electron chi connectivity index (χ3n) is 6.65. The van der Waals surface area contributed by atoms with Gasteiger partial charge in [0.05, 0.1) is 0 Å². The number of benzene rings is 2. The molecule has 0 aliphatic heterocycles. The van der Waals surface area contributed by atoms with Gasteiger partial charge in [-0.15, -0.1) is 13.2 Å². The summed E-state index contributed by atoms with van der Waals surface area (Å²) in [5, 5.41) is 4.64. The first-order valence-electron chi connectivity index (χ1n) is 12.7. The second-order valence-electron chi connectivity index (χ2n) is 9.01. The lowest BCUT2D eigenvalue weighted by molar-refractivity contribution is -0.274. The zero-order valence-corrected chi connectivity index (χ0v) is 20.8. The Balaban J connectivity index is 0.00000167. The molecule has 0 saturated heterocycles. The van der Waals surface area contributed by atoms with Crippen molar-refractivity contribution in [1.29, 1.82) is 0 Å². The molecule has 7 heteroatoms. The molecular formula is C28H38F3N3O. The van der Waals surface area contributed by atoms with E-state index in [0.29, 0.717) is 6.04 Å². The average Bonchev–Trinajstić information content (AvgIpc) is 3.24. The van der Waals surface area contributed by atoms with Crippen molar-refractivity contribution in [2.45, 2.75) is 70.2 Å². The molecule has 0 radical (unpaired) electrons. The fourth-order valence-corrected chi connectivity index (χ4v) is 5.15. The lowest BCUT2D eigenvalue weighted by Gasteiger charge is -2.24. The van der Waals surface area contributed by atoms with Crippen LogP contribution in [0, 0.1) is 0 Å². The van der Waals surface area contributed by atoms with Crippen molar-refractivity contribution in [2.75, 3.05) is 20.1 Å². The first kappa shape index (κ1) is 27.1. The normalized spacial score (nSPS) is 15.5. The van der Waals surface area contributed by atoms with Gasteiger partial charge in [-0.25, -0.2) is 0 Å². The van der Waals surface area contributed by atoms with E-state index >= 15 is 0 Å². The number of hydrogen-bond acceptors (Lipinski definition) is 3. The van der Waals surface area contributed by atoms with Crippen molar-refractivity contribution in [2.24, 2.45) is 5.73 Å². The lowest BCUT2D eigenvalue weighted by atomic mass is 9.88. The molecule has 1 unspecified atom stereocenters. The monoisotopic (exact) mass is 489 g/mol. The molecule has 1 heterocycles. The van der Waals surface area contributed by atoms with Crippen LogP contribution in [0.4, 0.5) is 13.2 Å². The van der Waals surface area contributed by atoms with E-state index in [9.17, 15) is 13.2 Å². The Hall–Kier alpha value is -2.51. The summed E-state index contributed by atoms with van der Waals surface area (Å²) in [6, 6.07) is 15.4. The molecule has 35 heavy (non-hydrogen) atoms. The van der Waals surface area contributed by atoms with E-state index in [1.807, 2.05) is 12.1 Å². The van der Waals surface area contributed by atoms with Gasteiger partial charge < -0.3 is 20.4 Å². The quantitative estimate of drug-likeness (QED) is 0.314. The van der Waals surface area contributed by atoms with E-state index in [0.717, 1.165) is 31.5 Å². The summed E-state index contributed by atoms with van der Waals surface area (Å²) in [5.74, 6) is -0.191. The Morgan fingerprint density at radius 2 is 1.77 bits per heavy atom. The largest absolute Gasteiger partial charge is 0.573 e. The highest BCUT2D eigenvalue weighted by molar-refractivity contribution is 5.85. The molecule has 0 spiro atoms. The van der Waals surface area contributed by atoms with Crippen LogP contribution in [0.25, 0.3) is 10.9 Å². The van der Waals surface area contributed by atoms with Gasteiger partial charge in [-0.3, -0.25) is 0 Å². The molecule has 1 aliphatic rings. The van der Waals surface area contributed by atoms with Crippen LogP contribution in [0.5, 0.6) is 5.75 Å². The van der Waals surface area contributed by atoms with Crippen LogP contribution in [0.15, 0.2) is 54.7 Å². The predicted octanol–water partition coefficient (Wildman–Crippen LogP) is 7.14. The minimum Gasteiger partial charge on any atom is -0.406 e. The van der Waals surface area contributed by atoms with E-state index in [1.54, 1.807) is 12.1 Å². The van der Waals surface area contributed by atoms with Gasteiger partial charge in [-0.2, -0.15) is 0 Å². The van der Waals surface area contributed by atoms with Crippen LogP contribution in [0.3, 0.4) is 0 Å². The number of nitrogens with zero attached hydrogens (tertiary/aromatic N) is 1. The molecule has 3 N–H and O–H groups in total. The van der Waals surface area contributed by atoms with E-state index in [4.69, 9.17) is 0 Å². The number of rotatable bonds is 9. The molecule has 1 aliphatic carbocycles. The first-order chi connectivity index (χ1) is 17.0. The Morgan fingerprint density at radius 1 is 1.03 bits per heavy atom. The van der Waals surface area contributed by atoms with Gasteiger partial charge in [0.15, 0.2) is 0 Å². The maximum absolute atomic E-state index is 12.9. The Bertz CT molecular complexity index is 1040. The number of halogens is 3. The number of ether oxygens (including phenoxy) is 1. The maximum Gasteiger partial charge on any atom is 0.573 e. The van der Waals surface area contributed by atoms with E-state index in [2.05, 4.69) is 51.7 Å². The number of nitrogens with one attached hydrogen (secondary N) is 1. The van der Waals surface area contributed by atoms with Gasteiger partial charge in [0.2, 0.25) is 0 Å². The van der Waals surface area contributed by atoms with Crippen molar-refractivity contribution >= 4 is 10.9 Å². The molecule has 1 saturated carbocycles. The number of aromatic nitrogens is 1. The van der Waals surface area contributed by atoms with Gasteiger partial charge in [-0.1, -0.05) is 56.5 Å². The molecular weight excluding hydrogens is 451 g/mol. The summed E-state index contributed by atoms with van der Waals surface area (Å²) in [7, 11) is 1.50. The van der Waals surface area contributed by atoms with E-state index in [-0.39, 0.29) is 11.7 Å². The SMILES string of the molecule is CCCNCCC(c1cccc(OC(F)(F)F)c1)c1cn(C2CCCCC2)c2ccccc12.CN. The van der Waals surface area contributed by atoms with Crippen molar-refractivity contribution < 1.29 is 17.9 Å². The van der Waals surface area contributed by atoms with E-state index in [1.165, 1.54) is 61.7 Å². The molecule has 4 rings (SSSR count). The summed E-state index contributed by atoms with van der Waals surface area (Å²) < 4.78 is 45.3. The molecule has 3 aromatic rings. The number of nitrogens with two attached hydrogens (primary N) is 1. The Morgan fingerprint density at radius 3 is 2.49 bits per heavy atom. The number of hydrogen-bond donors (Lipinski definition) is 2. The molecule has 0 amide bonds. The van der Waals surface area contributed by atoms with Crippen molar-refractivity contribution in [1.82, 2.24) is 9.88 Å². The summed E-state index contributed by atoms with van der Waals surface area (Å²) in [4.78, 5) is 0. The Kier molecular flexibility index (Phi) is 10.0. The van der Waals surface area contributed by atoms with Crippen molar-refractivity contribution in [3.63, 3.8) is 0 Å². The van der Waals surface area contributed by atoms with Crippen molar-refractivity contribution in [3.8, 4) is 5.75 Å². The number of fused-ring (bicyclic) bond motifs is 1. The van der Waals surface area contributed by atoms with Gasteiger partial charge >= 0.3 is 6.36 Å². The highest BCUT2D eigenvalue weighted by Crippen LogP contribution is 2.39. The minimum atomic E-state index is -4.70. The first-order valence-corrected chi connectivity index (χ1v) is 12.7. The highest BCUT2D eigenvalue weighted by Gasteiger charge is 2.31. The van der Waals surface area contributed by atoms with Crippen LogP contribution >= 0.6 is 0 Å². The maximum atomic E-state index is 12.9. The molecule has 1 fully saturated rings. The van der Waals surface area contributed by atoms with Gasteiger partial charge in [0.1, 0.15) is 5.75 Å². The summed E-state index contributed by atoms with van der Waals surface area (Å²) in [5.41, 5.74) is 7.74. The topological polar surface area (TPSA) is 52.2 Å². The second-order valence-corrected chi connectivity index (χ2v) is 9.01. The van der Waals surface area contributed by atoms with Crippen molar-refractivity contribution in [3.05, 3.63) is 65.9 Å². The van der Waals surface area contributed by atoms with Gasteiger partial charge in [0.25, 0.3) is 0 Å². The van der Waals surface area contributed by atoms with Crippen LogP contribution < -0.4 is 15.8 Å². The lowest BCUT2D eigenvalue weighted by Crippen LogP contribution is -2.19. The highest BCUT2D eigenvalue weighted by atomic mass is 19.4. The smallest absolute Gasteiger partial charge is 0.406 e. The summed E-state index contributed by atoms with van der Waals surface area (Å²) >= 11 is 0. The zero-order valence-electron chi connectivity index (χ0n) is 20.8. The number of para-hydroxylation sites is 1. The molecule has 2 aromatic carbocycles. The third-order valence-corrected chi connectivity index (χ3v) is 6.65. The van der Waals surface area contributed by atoms with E-state index < -0.39 is 6.36 Å². The molecule has 1 atom stereocenters.